The van der Waals surface area contributed by atoms with E-state index in [2.05, 4.69) is 10.3 Å². The van der Waals surface area contributed by atoms with Crippen LogP contribution in [0, 0.1) is 6.92 Å². The lowest BCUT2D eigenvalue weighted by Crippen LogP contribution is -2.11. The van der Waals surface area contributed by atoms with Gasteiger partial charge in [0.15, 0.2) is 0 Å². The average Bonchev–Trinajstić information content (AvgIpc) is 2.40. The number of hydrogen-bond acceptors (Lipinski definition) is 3. The Kier molecular flexibility index (Phi) is 4.27. The molecular formula is C14H12ClF3N2O. The van der Waals surface area contributed by atoms with E-state index < -0.39 is 11.7 Å². The Hall–Kier alpha value is -1.95. The Morgan fingerprint density at radius 1 is 1.24 bits per heavy atom. The molecule has 0 unspecified atom stereocenters. The van der Waals surface area contributed by atoms with E-state index in [-0.39, 0.29) is 28.7 Å². The fourth-order valence-corrected chi connectivity index (χ4v) is 1.99. The van der Waals surface area contributed by atoms with Crippen molar-refractivity contribution < 1.29 is 18.3 Å². The number of aromatic hydroxyl groups is 1. The highest BCUT2D eigenvalue weighted by atomic mass is 35.5. The maximum Gasteiger partial charge on any atom is 0.418 e. The van der Waals surface area contributed by atoms with Gasteiger partial charge in [-0.1, -0.05) is 11.6 Å². The van der Waals surface area contributed by atoms with Gasteiger partial charge in [0, 0.05) is 16.4 Å². The molecule has 112 valence electrons. The van der Waals surface area contributed by atoms with Crippen LogP contribution in [-0.2, 0) is 12.7 Å². The molecule has 2 aromatic rings. The minimum atomic E-state index is -4.52. The normalized spacial score (nSPS) is 11.5. The van der Waals surface area contributed by atoms with Crippen LogP contribution in [0.1, 0.15) is 17.0 Å². The summed E-state index contributed by atoms with van der Waals surface area (Å²) in [6.07, 6.45) is -4.52. The van der Waals surface area contributed by atoms with E-state index in [0.29, 0.717) is 5.69 Å². The summed E-state index contributed by atoms with van der Waals surface area (Å²) in [5.74, 6) is -0.0735. The van der Waals surface area contributed by atoms with Crippen LogP contribution in [0.3, 0.4) is 0 Å². The number of benzene rings is 1. The van der Waals surface area contributed by atoms with Crippen LogP contribution in [0.15, 0.2) is 30.3 Å². The molecule has 2 rings (SSSR count). The highest BCUT2D eigenvalue weighted by Gasteiger charge is 2.33. The first kappa shape index (κ1) is 15.4. The number of rotatable bonds is 3. The Labute approximate surface area is 124 Å². The molecule has 0 saturated heterocycles. The maximum absolute atomic E-state index is 12.9. The number of anilines is 1. The molecule has 0 bridgehead atoms. The summed E-state index contributed by atoms with van der Waals surface area (Å²) in [6.45, 7) is 1.70. The number of alkyl halides is 3. The van der Waals surface area contributed by atoms with Gasteiger partial charge in [-0.05, 0) is 37.3 Å². The number of nitrogens with zero attached hydrogens (tertiary/aromatic N) is 1. The molecule has 0 aliphatic rings. The van der Waals surface area contributed by atoms with Gasteiger partial charge >= 0.3 is 6.18 Å². The van der Waals surface area contributed by atoms with E-state index in [1.165, 1.54) is 18.2 Å². The van der Waals surface area contributed by atoms with Crippen molar-refractivity contribution in [2.24, 2.45) is 0 Å². The quantitative estimate of drug-likeness (QED) is 0.883. The summed E-state index contributed by atoms with van der Waals surface area (Å²) in [7, 11) is 0. The van der Waals surface area contributed by atoms with Crippen LogP contribution in [0.25, 0.3) is 0 Å². The van der Waals surface area contributed by atoms with Gasteiger partial charge in [0.2, 0.25) is 0 Å². The number of aryl methyl sites for hydroxylation is 1. The summed E-state index contributed by atoms with van der Waals surface area (Å²) >= 11 is 5.61. The fraction of sp³-hybridized carbons (Fsp3) is 0.214. The third-order valence-corrected chi connectivity index (χ3v) is 3.06. The summed E-state index contributed by atoms with van der Waals surface area (Å²) in [5, 5.41) is 12.3. The van der Waals surface area contributed by atoms with Crippen LogP contribution in [0.2, 0.25) is 5.02 Å². The monoisotopic (exact) mass is 316 g/mol. The third-order valence-electron chi connectivity index (χ3n) is 2.82. The van der Waals surface area contributed by atoms with Crippen LogP contribution in [0.5, 0.6) is 5.75 Å². The largest absolute Gasteiger partial charge is 0.506 e. The molecule has 21 heavy (non-hydrogen) atoms. The molecule has 1 aromatic heterocycles. The van der Waals surface area contributed by atoms with Crippen molar-refractivity contribution in [3.63, 3.8) is 0 Å². The molecule has 0 spiro atoms. The molecule has 2 N–H and O–H groups in total. The van der Waals surface area contributed by atoms with Crippen molar-refractivity contribution in [3.8, 4) is 5.75 Å². The number of nitrogens with one attached hydrogen (secondary N) is 1. The minimum absolute atomic E-state index is 0.00408. The Balaban J connectivity index is 2.26. The zero-order valence-electron chi connectivity index (χ0n) is 11.0. The smallest absolute Gasteiger partial charge is 0.418 e. The van der Waals surface area contributed by atoms with Crippen molar-refractivity contribution in [1.82, 2.24) is 4.98 Å². The average molecular weight is 317 g/mol. The number of pyridine rings is 1. The van der Waals surface area contributed by atoms with Gasteiger partial charge < -0.3 is 10.4 Å². The molecule has 0 radical (unpaired) electrons. The van der Waals surface area contributed by atoms with Crippen molar-refractivity contribution in [3.05, 3.63) is 52.3 Å². The topological polar surface area (TPSA) is 45.1 Å². The first-order valence-corrected chi connectivity index (χ1v) is 6.41. The number of hydrogen-bond donors (Lipinski definition) is 2. The molecule has 1 aromatic carbocycles. The predicted octanol–water partition coefficient (Wildman–Crippen LogP) is 4.38. The lowest BCUT2D eigenvalue weighted by Gasteiger charge is -2.15. The van der Waals surface area contributed by atoms with Gasteiger partial charge in [0.25, 0.3) is 0 Å². The molecule has 0 aliphatic carbocycles. The summed E-state index contributed by atoms with van der Waals surface area (Å²) in [6, 6.07) is 6.53. The van der Waals surface area contributed by atoms with Gasteiger partial charge in [-0.3, -0.25) is 4.98 Å². The molecule has 1 heterocycles. The van der Waals surface area contributed by atoms with Gasteiger partial charge in [0.1, 0.15) is 11.4 Å². The minimum Gasteiger partial charge on any atom is -0.506 e. The number of halogens is 4. The second-order valence-corrected chi connectivity index (χ2v) is 4.90. The van der Waals surface area contributed by atoms with Crippen LogP contribution in [-0.4, -0.2) is 10.1 Å². The van der Waals surface area contributed by atoms with Crippen LogP contribution >= 0.6 is 11.6 Å². The first-order chi connectivity index (χ1) is 9.77. The molecule has 3 nitrogen and oxygen atoms in total. The van der Waals surface area contributed by atoms with Gasteiger partial charge in [-0.25, -0.2) is 0 Å². The van der Waals surface area contributed by atoms with E-state index in [1.54, 1.807) is 13.0 Å². The SMILES string of the molecule is Cc1ccc(O)c(CNc2ccc(Cl)cc2C(F)(F)F)n1. The lowest BCUT2D eigenvalue weighted by atomic mass is 10.1. The van der Waals surface area contributed by atoms with E-state index in [0.717, 1.165) is 6.07 Å². The highest BCUT2D eigenvalue weighted by molar-refractivity contribution is 6.30. The van der Waals surface area contributed by atoms with Crippen LogP contribution < -0.4 is 5.32 Å². The highest BCUT2D eigenvalue weighted by Crippen LogP contribution is 2.36. The Morgan fingerprint density at radius 3 is 2.62 bits per heavy atom. The summed E-state index contributed by atoms with van der Waals surface area (Å²) < 4.78 is 38.8. The molecule has 7 heteroatoms. The van der Waals surface area contributed by atoms with Gasteiger partial charge in [-0.15, -0.1) is 0 Å². The van der Waals surface area contributed by atoms with Gasteiger partial charge in [-0.2, -0.15) is 13.2 Å². The van der Waals surface area contributed by atoms with Crippen molar-refractivity contribution >= 4 is 17.3 Å². The first-order valence-electron chi connectivity index (χ1n) is 6.03. The maximum atomic E-state index is 12.9. The number of aromatic nitrogens is 1. The van der Waals surface area contributed by atoms with E-state index in [1.807, 2.05) is 0 Å². The summed E-state index contributed by atoms with van der Waals surface area (Å²) in [5.41, 5.74) is -0.0356. The molecule has 0 fully saturated rings. The Morgan fingerprint density at radius 2 is 1.95 bits per heavy atom. The third kappa shape index (κ3) is 3.78. The second-order valence-electron chi connectivity index (χ2n) is 4.46. The van der Waals surface area contributed by atoms with Crippen molar-refractivity contribution in [2.75, 3.05) is 5.32 Å². The van der Waals surface area contributed by atoms with Gasteiger partial charge in [0.05, 0.1) is 12.1 Å². The van der Waals surface area contributed by atoms with E-state index in [9.17, 15) is 18.3 Å². The second kappa shape index (κ2) is 5.81. The standard InChI is InChI=1S/C14H12ClF3N2O/c1-8-2-5-13(21)12(20-8)7-19-11-4-3-9(15)6-10(11)14(16,17)18/h2-6,19,21H,7H2,1H3. The zero-order chi connectivity index (χ0) is 15.6. The zero-order valence-corrected chi connectivity index (χ0v) is 11.8. The Bertz CT molecular complexity index is 659. The van der Waals surface area contributed by atoms with Crippen molar-refractivity contribution in [1.29, 1.82) is 0 Å². The molecule has 0 atom stereocenters. The molecule has 0 saturated carbocycles. The summed E-state index contributed by atoms with van der Waals surface area (Å²) in [4.78, 5) is 4.08. The molecule has 0 amide bonds. The molecule has 0 aliphatic heterocycles. The lowest BCUT2D eigenvalue weighted by molar-refractivity contribution is -0.136. The van der Waals surface area contributed by atoms with E-state index >= 15 is 0 Å². The van der Waals surface area contributed by atoms with Crippen LogP contribution in [0.4, 0.5) is 18.9 Å². The predicted molar refractivity (Wildman–Crippen MR) is 74.4 cm³/mol. The van der Waals surface area contributed by atoms with E-state index in [4.69, 9.17) is 11.6 Å². The molecular weight excluding hydrogens is 305 g/mol. The fourth-order valence-electron chi connectivity index (χ4n) is 1.82. The van der Waals surface area contributed by atoms with Crippen molar-refractivity contribution in [2.45, 2.75) is 19.6 Å².